The lowest BCUT2D eigenvalue weighted by Gasteiger charge is -2.02. The number of aromatic nitrogens is 1. The average molecular weight is 345 g/mol. The molecule has 0 aromatic carbocycles. The molecule has 3 aromatic rings. The molecule has 3 heterocycles. The van der Waals surface area contributed by atoms with Crippen LogP contribution in [0.5, 0.6) is 0 Å². The molecule has 0 atom stereocenters. The summed E-state index contributed by atoms with van der Waals surface area (Å²) < 4.78 is 13.0. The molecule has 0 unspecified atom stereocenters. The first-order chi connectivity index (χ1) is 11.6. The predicted molar refractivity (Wildman–Crippen MR) is 89.8 cm³/mol. The highest BCUT2D eigenvalue weighted by molar-refractivity contribution is 7.16. The first-order valence-corrected chi connectivity index (χ1v) is 8.39. The fourth-order valence-corrected chi connectivity index (χ4v) is 3.62. The van der Waals surface area contributed by atoms with Crippen molar-refractivity contribution in [3.05, 3.63) is 46.4 Å². The molecule has 0 spiro atoms. The lowest BCUT2D eigenvalue weighted by Crippen LogP contribution is -2.46. The standard InChI is InChI=1S/C17H16N2O4S/c1-3-22-16(20)11-9-10-12-7-5-6-8-19(12)13(17(21)23-4-2)14(10)24-15(11)18/h5-9,18H,3-4H2,1-2H3/p+1. The largest absolute Gasteiger partial charge is 0.462 e. The van der Waals surface area contributed by atoms with Crippen molar-refractivity contribution in [1.82, 2.24) is 4.40 Å². The maximum atomic E-state index is 12.4. The molecule has 0 radical (unpaired) electrons. The van der Waals surface area contributed by atoms with E-state index in [1.54, 1.807) is 30.5 Å². The second kappa shape index (κ2) is 6.45. The Hall–Kier alpha value is -2.67. The van der Waals surface area contributed by atoms with E-state index in [-0.39, 0.29) is 13.2 Å². The van der Waals surface area contributed by atoms with Gasteiger partial charge in [-0.2, -0.15) is 0 Å². The normalized spacial score (nSPS) is 10.9. The van der Waals surface area contributed by atoms with Crippen LogP contribution in [0.4, 0.5) is 0 Å². The smallest absolute Gasteiger partial charge is 0.356 e. The molecule has 0 aliphatic heterocycles. The minimum atomic E-state index is -0.471. The minimum Gasteiger partial charge on any atom is -0.462 e. The molecule has 0 aliphatic carbocycles. The number of hydrogen-bond donors (Lipinski definition) is 1. The van der Waals surface area contributed by atoms with E-state index in [9.17, 15) is 9.59 Å². The highest BCUT2D eigenvalue weighted by Crippen LogP contribution is 2.29. The number of rotatable bonds is 4. The van der Waals surface area contributed by atoms with Gasteiger partial charge in [0.05, 0.1) is 23.4 Å². The highest BCUT2D eigenvalue weighted by atomic mass is 32.1. The van der Waals surface area contributed by atoms with Crippen LogP contribution in [-0.2, 0) is 9.47 Å². The summed E-state index contributed by atoms with van der Waals surface area (Å²) in [5.41, 5.74) is 1.52. The Bertz CT molecular complexity index is 1000. The Kier molecular flexibility index (Phi) is 4.35. The number of nitrogens with zero attached hydrogens (tertiary/aromatic N) is 1. The van der Waals surface area contributed by atoms with Crippen molar-refractivity contribution < 1.29 is 24.5 Å². The van der Waals surface area contributed by atoms with E-state index >= 15 is 0 Å². The molecule has 0 saturated carbocycles. The van der Waals surface area contributed by atoms with Crippen LogP contribution in [0.2, 0.25) is 0 Å². The van der Waals surface area contributed by atoms with E-state index in [1.807, 2.05) is 18.2 Å². The Morgan fingerprint density at radius 3 is 2.58 bits per heavy atom. The molecule has 2 N–H and O–H groups in total. The molecule has 124 valence electrons. The predicted octanol–water partition coefficient (Wildman–Crippen LogP) is 1.17. The minimum absolute atomic E-state index is 0.269. The number of carbonyl (C=O) groups is 2. The molecular formula is C17H17N2O4S+. The summed E-state index contributed by atoms with van der Waals surface area (Å²) in [5.74, 6) is -0.894. The molecule has 0 fully saturated rings. The second-order valence-corrected chi connectivity index (χ2v) is 6.06. The van der Waals surface area contributed by atoms with Crippen LogP contribution >= 0.6 is 11.3 Å². The van der Waals surface area contributed by atoms with Gasteiger partial charge in [0.15, 0.2) is 0 Å². The fourth-order valence-electron chi connectivity index (χ4n) is 2.59. The Balaban J connectivity index is 2.35. The molecule has 24 heavy (non-hydrogen) atoms. The van der Waals surface area contributed by atoms with Gasteiger partial charge in [0, 0.05) is 11.6 Å². The summed E-state index contributed by atoms with van der Waals surface area (Å²) in [5, 5.41) is 6.80. The summed E-state index contributed by atoms with van der Waals surface area (Å²) in [6.07, 6.45) is 1.79. The molecule has 7 heteroatoms. The summed E-state index contributed by atoms with van der Waals surface area (Å²) in [6.45, 7) is 4.04. The van der Waals surface area contributed by atoms with E-state index in [0.29, 0.717) is 20.6 Å². The van der Waals surface area contributed by atoms with E-state index in [2.05, 4.69) is 0 Å². The highest BCUT2D eigenvalue weighted by Gasteiger charge is 2.23. The van der Waals surface area contributed by atoms with Crippen molar-refractivity contribution >= 4 is 38.9 Å². The topological polar surface area (TPSA) is 82.6 Å². The van der Waals surface area contributed by atoms with Crippen molar-refractivity contribution in [3.8, 4) is 0 Å². The number of carbonyl (C=O) groups excluding carboxylic acids is 2. The molecule has 6 nitrogen and oxygen atoms in total. The first-order valence-electron chi connectivity index (χ1n) is 7.58. The molecular weight excluding hydrogens is 328 g/mol. The maximum Gasteiger partial charge on any atom is 0.356 e. The van der Waals surface area contributed by atoms with Gasteiger partial charge in [-0.05, 0) is 32.0 Å². The molecule has 0 aliphatic rings. The Morgan fingerprint density at radius 2 is 1.88 bits per heavy atom. The molecule has 0 saturated heterocycles. The van der Waals surface area contributed by atoms with Crippen molar-refractivity contribution in [2.45, 2.75) is 13.8 Å². The van der Waals surface area contributed by atoms with Gasteiger partial charge >= 0.3 is 11.9 Å². The van der Waals surface area contributed by atoms with Gasteiger partial charge in [-0.15, -0.1) is 0 Å². The Morgan fingerprint density at radius 1 is 1.17 bits per heavy atom. The van der Waals surface area contributed by atoms with Gasteiger partial charge in [-0.1, -0.05) is 17.4 Å². The second-order valence-electron chi connectivity index (χ2n) is 5.01. The molecule has 3 rings (SSSR count). The third-order valence-electron chi connectivity index (χ3n) is 3.57. The number of fused-ring (bicyclic) bond motifs is 3. The van der Waals surface area contributed by atoms with Gasteiger partial charge in [-0.25, -0.2) is 15.0 Å². The average Bonchev–Trinajstić information content (AvgIpc) is 2.87. The number of hydrogen-bond acceptors (Lipinski definition) is 5. The lowest BCUT2D eigenvalue weighted by molar-refractivity contribution is -0.167. The van der Waals surface area contributed by atoms with Crippen LogP contribution in [-0.4, -0.2) is 29.6 Å². The van der Waals surface area contributed by atoms with E-state index in [4.69, 9.17) is 14.9 Å². The zero-order chi connectivity index (χ0) is 17.3. The van der Waals surface area contributed by atoms with Crippen LogP contribution in [0.25, 0.3) is 15.6 Å². The zero-order valence-corrected chi connectivity index (χ0v) is 14.2. The van der Waals surface area contributed by atoms with E-state index < -0.39 is 11.9 Å². The first kappa shape index (κ1) is 16.2. The van der Waals surface area contributed by atoms with Crippen LogP contribution < -0.4 is 10.1 Å². The Labute approximate surface area is 141 Å². The van der Waals surface area contributed by atoms with Crippen LogP contribution in [0.3, 0.4) is 0 Å². The fraction of sp³-hybridized carbons (Fsp3) is 0.235. The van der Waals surface area contributed by atoms with Crippen LogP contribution in [0, 0.1) is 0 Å². The van der Waals surface area contributed by atoms with Gasteiger partial charge in [-0.3, -0.25) is 0 Å². The summed E-state index contributed by atoms with van der Waals surface area (Å²) in [6, 6.07) is 7.25. The third kappa shape index (κ3) is 2.56. The van der Waals surface area contributed by atoms with Crippen LogP contribution in [0.15, 0.2) is 30.5 Å². The number of ether oxygens (including phenoxy) is 2. The van der Waals surface area contributed by atoms with Gasteiger partial charge in [0.2, 0.25) is 0 Å². The van der Waals surface area contributed by atoms with Crippen LogP contribution in [0.1, 0.15) is 34.7 Å². The number of nitrogens with two attached hydrogens (primary N) is 1. The quantitative estimate of drug-likeness (QED) is 0.720. The van der Waals surface area contributed by atoms with Gasteiger partial charge < -0.3 is 13.9 Å². The monoisotopic (exact) mass is 345 g/mol. The SMILES string of the molecule is CCOC(=O)c1cc2c(sc1=[NH2+])c(C(=O)OCC)n1ccccc21. The van der Waals surface area contributed by atoms with Crippen molar-refractivity contribution in [2.24, 2.45) is 0 Å². The number of pyridine rings is 1. The van der Waals surface area contributed by atoms with Crippen molar-refractivity contribution in [3.63, 3.8) is 0 Å². The maximum absolute atomic E-state index is 12.4. The lowest BCUT2D eigenvalue weighted by atomic mass is 10.2. The van der Waals surface area contributed by atoms with Crippen molar-refractivity contribution in [2.75, 3.05) is 13.2 Å². The summed E-state index contributed by atoms with van der Waals surface area (Å²) in [4.78, 5) is 24.5. The third-order valence-corrected chi connectivity index (χ3v) is 4.62. The van der Waals surface area contributed by atoms with Gasteiger partial charge in [0.25, 0.3) is 4.67 Å². The summed E-state index contributed by atoms with van der Waals surface area (Å²) >= 11 is 1.18. The molecule has 0 bridgehead atoms. The van der Waals surface area contributed by atoms with Gasteiger partial charge in [0.1, 0.15) is 11.3 Å². The zero-order valence-electron chi connectivity index (χ0n) is 13.4. The van der Waals surface area contributed by atoms with E-state index in [1.165, 1.54) is 11.3 Å². The molecule has 0 amide bonds. The van der Waals surface area contributed by atoms with Crippen molar-refractivity contribution in [1.29, 1.82) is 0 Å². The molecule has 3 aromatic heterocycles. The van der Waals surface area contributed by atoms with E-state index in [0.717, 1.165) is 10.9 Å². The number of esters is 2. The summed E-state index contributed by atoms with van der Waals surface area (Å²) in [7, 11) is 0.